The summed E-state index contributed by atoms with van der Waals surface area (Å²) in [5.74, 6) is 0.718. The van der Waals surface area contributed by atoms with Gasteiger partial charge in [0.1, 0.15) is 24.1 Å². The predicted molar refractivity (Wildman–Crippen MR) is 55.5 cm³/mol. The molecule has 4 nitrogen and oxygen atoms in total. The van der Waals surface area contributed by atoms with Crippen LogP contribution < -0.4 is 10.1 Å². The Hall–Kier alpha value is -1.60. The van der Waals surface area contributed by atoms with Crippen molar-refractivity contribution in [2.75, 3.05) is 13.2 Å². The van der Waals surface area contributed by atoms with Crippen LogP contribution in [0.25, 0.3) is 0 Å². The maximum absolute atomic E-state index is 8.66. The summed E-state index contributed by atoms with van der Waals surface area (Å²) in [7, 11) is 0. The third-order valence-electron chi connectivity index (χ3n) is 2.46. The van der Waals surface area contributed by atoms with E-state index >= 15 is 0 Å². The van der Waals surface area contributed by atoms with E-state index in [4.69, 9.17) is 10.00 Å². The Kier molecular flexibility index (Phi) is 3.15. The van der Waals surface area contributed by atoms with Crippen molar-refractivity contribution in [3.63, 3.8) is 0 Å². The summed E-state index contributed by atoms with van der Waals surface area (Å²) in [4.78, 5) is 3.88. The Labute approximate surface area is 88.9 Å². The van der Waals surface area contributed by atoms with Gasteiger partial charge in [-0.15, -0.1) is 0 Å². The monoisotopic (exact) mass is 203 g/mol. The van der Waals surface area contributed by atoms with Crippen LogP contribution in [-0.2, 0) is 0 Å². The zero-order valence-corrected chi connectivity index (χ0v) is 8.44. The summed E-state index contributed by atoms with van der Waals surface area (Å²) in [6, 6.07) is 5.87. The number of ether oxygens (including phenoxy) is 1. The van der Waals surface area contributed by atoms with E-state index in [9.17, 15) is 0 Å². The largest absolute Gasteiger partial charge is 0.492 e. The van der Waals surface area contributed by atoms with Gasteiger partial charge in [-0.1, -0.05) is 0 Å². The number of hydrogen-bond donors (Lipinski definition) is 1. The molecule has 2 heterocycles. The second-order valence-electron chi connectivity index (χ2n) is 3.59. The summed E-state index contributed by atoms with van der Waals surface area (Å²) < 4.78 is 5.58. The van der Waals surface area contributed by atoms with Gasteiger partial charge in [0.05, 0.1) is 0 Å². The third kappa shape index (κ3) is 2.67. The average Bonchev–Trinajstić information content (AvgIpc) is 2.79. The van der Waals surface area contributed by atoms with E-state index in [1.807, 2.05) is 6.07 Å². The Bertz CT molecular complexity index is 366. The van der Waals surface area contributed by atoms with Gasteiger partial charge in [0.15, 0.2) is 0 Å². The second kappa shape index (κ2) is 4.76. The van der Waals surface area contributed by atoms with Crippen LogP contribution in [0.3, 0.4) is 0 Å². The number of pyridine rings is 1. The van der Waals surface area contributed by atoms with E-state index in [0.717, 1.165) is 18.7 Å². The molecule has 4 heteroatoms. The Morgan fingerprint density at radius 2 is 2.60 bits per heavy atom. The van der Waals surface area contributed by atoms with Crippen molar-refractivity contribution in [2.24, 2.45) is 0 Å². The van der Waals surface area contributed by atoms with E-state index in [2.05, 4.69) is 10.3 Å². The number of nitrogens with one attached hydrogen (secondary N) is 1. The van der Waals surface area contributed by atoms with Crippen molar-refractivity contribution in [2.45, 2.75) is 18.9 Å². The minimum atomic E-state index is 0.395. The van der Waals surface area contributed by atoms with Gasteiger partial charge in [0.2, 0.25) is 0 Å². The number of rotatable bonds is 3. The minimum Gasteiger partial charge on any atom is -0.492 e. The molecule has 1 unspecified atom stereocenters. The lowest BCUT2D eigenvalue weighted by Crippen LogP contribution is -2.28. The molecule has 1 aliphatic heterocycles. The fourth-order valence-electron chi connectivity index (χ4n) is 1.66. The molecular formula is C11H13N3O. The first kappa shape index (κ1) is 9.94. The standard InChI is InChI=1S/C11H13N3O/c12-7-10-6-11(3-5-14-10)15-8-9-2-1-4-13-9/h3,5-6,9,13H,1-2,4,8H2. The first-order chi connectivity index (χ1) is 7.38. The van der Waals surface area contributed by atoms with Gasteiger partial charge in [-0.05, 0) is 25.5 Å². The summed E-state index contributed by atoms with van der Waals surface area (Å²) in [5, 5.41) is 12.0. The third-order valence-corrected chi connectivity index (χ3v) is 2.46. The Balaban J connectivity index is 1.90. The molecule has 78 valence electrons. The fraction of sp³-hybridized carbons (Fsp3) is 0.455. The van der Waals surface area contributed by atoms with Crippen LogP contribution in [0.1, 0.15) is 18.5 Å². The highest BCUT2D eigenvalue weighted by Gasteiger charge is 2.14. The topological polar surface area (TPSA) is 57.9 Å². The Morgan fingerprint density at radius 1 is 1.67 bits per heavy atom. The molecule has 1 aromatic heterocycles. The molecule has 1 N–H and O–H groups in total. The van der Waals surface area contributed by atoms with E-state index in [0.29, 0.717) is 18.3 Å². The van der Waals surface area contributed by atoms with Crippen molar-refractivity contribution in [3.05, 3.63) is 24.0 Å². The van der Waals surface area contributed by atoms with Gasteiger partial charge in [-0.2, -0.15) is 5.26 Å². The van der Waals surface area contributed by atoms with Gasteiger partial charge >= 0.3 is 0 Å². The molecule has 1 saturated heterocycles. The number of hydrogen-bond acceptors (Lipinski definition) is 4. The second-order valence-corrected chi connectivity index (χ2v) is 3.59. The zero-order chi connectivity index (χ0) is 10.5. The first-order valence-electron chi connectivity index (χ1n) is 5.11. The average molecular weight is 203 g/mol. The fourth-order valence-corrected chi connectivity index (χ4v) is 1.66. The van der Waals surface area contributed by atoms with Gasteiger partial charge < -0.3 is 10.1 Å². The van der Waals surface area contributed by atoms with E-state index in [-0.39, 0.29) is 0 Å². The van der Waals surface area contributed by atoms with Crippen LogP contribution in [0, 0.1) is 11.3 Å². The summed E-state index contributed by atoms with van der Waals surface area (Å²) in [6.07, 6.45) is 3.97. The van der Waals surface area contributed by atoms with Gasteiger partial charge in [0, 0.05) is 18.3 Å². The number of nitriles is 1. The van der Waals surface area contributed by atoms with Crippen molar-refractivity contribution in [1.82, 2.24) is 10.3 Å². The maximum atomic E-state index is 8.66. The SMILES string of the molecule is N#Cc1cc(OCC2CCCN2)ccn1. The minimum absolute atomic E-state index is 0.395. The van der Waals surface area contributed by atoms with E-state index in [1.54, 1.807) is 18.3 Å². The van der Waals surface area contributed by atoms with Crippen LogP contribution in [0.5, 0.6) is 5.75 Å². The van der Waals surface area contributed by atoms with Crippen LogP contribution in [0.2, 0.25) is 0 Å². The van der Waals surface area contributed by atoms with Crippen molar-refractivity contribution < 1.29 is 4.74 Å². The van der Waals surface area contributed by atoms with Crippen LogP contribution in [0.4, 0.5) is 0 Å². The quantitative estimate of drug-likeness (QED) is 0.798. The molecule has 1 aromatic rings. The maximum Gasteiger partial charge on any atom is 0.144 e. The zero-order valence-electron chi connectivity index (χ0n) is 8.44. The molecule has 15 heavy (non-hydrogen) atoms. The number of nitrogens with zero attached hydrogens (tertiary/aromatic N) is 2. The lowest BCUT2D eigenvalue weighted by Gasteiger charge is -2.11. The van der Waals surface area contributed by atoms with Gasteiger partial charge in [0.25, 0.3) is 0 Å². The molecule has 0 bridgehead atoms. The molecule has 0 spiro atoms. The molecule has 1 atom stereocenters. The molecule has 0 saturated carbocycles. The van der Waals surface area contributed by atoms with Crippen LogP contribution in [-0.4, -0.2) is 24.2 Å². The number of aromatic nitrogens is 1. The van der Waals surface area contributed by atoms with Crippen molar-refractivity contribution in [1.29, 1.82) is 5.26 Å². The molecule has 2 rings (SSSR count). The van der Waals surface area contributed by atoms with E-state index in [1.165, 1.54) is 6.42 Å². The summed E-state index contributed by atoms with van der Waals surface area (Å²) in [6.45, 7) is 1.74. The van der Waals surface area contributed by atoms with Gasteiger partial charge in [-0.3, -0.25) is 0 Å². The van der Waals surface area contributed by atoms with E-state index < -0.39 is 0 Å². The predicted octanol–water partition coefficient (Wildman–Crippen LogP) is 1.08. The van der Waals surface area contributed by atoms with Crippen molar-refractivity contribution >= 4 is 0 Å². The van der Waals surface area contributed by atoms with Crippen molar-refractivity contribution in [3.8, 4) is 11.8 Å². The normalized spacial score (nSPS) is 19.8. The molecule has 1 fully saturated rings. The highest BCUT2D eigenvalue weighted by atomic mass is 16.5. The highest BCUT2D eigenvalue weighted by molar-refractivity contribution is 5.29. The van der Waals surface area contributed by atoms with Crippen LogP contribution >= 0.6 is 0 Å². The molecule has 1 aliphatic rings. The molecule has 0 radical (unpaired) electrons. The summed E-state index contributed by atoms with van der Waals surface area (Å²) >= 11 is 0. The lowest BCUT2D eigenvalue weighted by molar-refractivity contribution is 0.277. The summed E-state index contributed by atoms with van der Waals surface area (Å²) in [5.41, 5.74) is 0.395. The van der Waals surface area contributed by atoms with Crippen LogP contribution in [0.15, 0.2) is 18.3 Å². The first-order valence-corrected chi connectivity index (χ1v) is 5.11. The molecular weight excluding hydrogens is 190 g/mol. The molecule has 0 amide bonds. The lowest BCUT2D eigenvalue weighted by atomic mass is 10.2. The smallest absolute Gasteiger partial charge is 0.144 e. The van der Waals surface area contributed by atoms with Gasteiger partial charge in [-0.25, -0.2) is 4.98 Å². The highest BCUT2D eigenvalue weighted by Crippen LogP contribution is 2.12. The Morgan fingerprint density at radius 3 is 3.33 bits per heavy atom. The molecule has 0 aromatic carbocycles. The molecule has 0 aliphatic carbocycles.